The number of nitrogens with one attached hydrogen (secondary N) is 1. The van der Waals surface area contributed by atoms with Crippen LogP contribution >= 0.6 is 0 Å². The van der Waals surface area contributed by atoms with Gasteiger partial charge in [-0.2, -0.15) is 0 Å². The van der Waals surface area contributed by atoms with E-state index in [2.05, 4.69) is 19.2 Å². The highest BCUT2D eigenvalue weighted by atomic mass is 16.2. The second-order valence-electron chi connectivity index (χ2n) is 7.65. The Kier molecular flexibility index (Phi) is 5.50. The summed E-state index contributed by atoms with van der Waals surface area (Å²) in [5.41, 5.74) is 3.43. The number of amides is 3. The summed E-state index contributed by atoms with van der Waals surface area (Å²) >= 11 is 0. The van der Waals surface area contributed by atoms with Gasteiger partial charge in [-0.05, 0) is 47.4 Å². The molecule has 0 aromatic heterocycles. The van der Waals surface area contributed by atoms with Crippen LogP contribution in [0.1, 0.15) is 51.6 Å². The molecule has 5 nitrogen and oxygen atoms in total. The highest BCUT2D eigenvalue weighted by molar-refractivity contribution is 6.36. The highest BCUT2D eigenvalue weighted by Gasteiger charge is 2.38. The Morgan fingerprint density at radius 1 is 0.871 bits per heavy atom. The number of fused-ring (bicyclic) bond motifs is 1. The lowest BCUT2D eigenvalue weighted by Gasteiger charge is -2.13. The fraction of sp³-hybridized carbons (Fsp3) is 0.115. The number of carbonyl (C=O) groups excluding carboxylic acids is 3. The minimum Gasteiger partial charge on any atom is -0.322 e. The number of hydrogen-bond donors (Lipinski definition) is 1. The van der Waals surface area contributed by atoms with E-state index in [1.54, 1.807) is 48.5 Å². The van der Waals surface area contributed by atoms with E-state index in [1.165, 1.54) is 11.6 Å². The fourth-order valence-electron chi connectivity index (χ4n) is 3.54. The van der Waals surface area contributed by atoms with Crippen LogP contribution in [0.3, 0.4) is 0 Å². The van der Waals surface area contributed by atoms with Gasteiger partial charge in [0.2, 0.25) is 5.91 Å². The van der Waals surface area contributed by atoms with Crippen molar-refractivity contribution in [1.82, 2.24) is 0 Å². The molecule has 3 amide bonds. The average Bonchev–Trinajstić information content (AvgIpc) is 3.04. The van der Waals surface area contributed by atoms with E-state index in [-0.39, 0.29) is 17.0 Å². The van der Waals surface area contributed by atoms with Gasteiger partial charge in [0.15, 0.2) is 0 Å². The molecule has 0 fully saturated rings. The van der Waals surface area contributed by atoms with Crippen LogP contribution in [0.2, 0.25) is 0 Å². The second kappa shape index (κ2) is 8.40. The first-order valence-electron chi connectivity index (χ1n) is 10.1. The van der Waals surface area contributed by atoms with Crippen molar-refractivity contribution in [2.75, 3.05) is 10.2 Å². The van der Waals surface area contributed by atoms with Gasteiger partial charge < -0.3 is 5.32 Å². The maximum absolute atomic E-state index is 13.0. The molecule has 1 aliphatic heterocycles. The Hall–Kier alpha value is -3.99. The van der Waals surface area contributed by atoms with E-state index in [1.807, 2.05) is 30.3 Å². The largest absolute Gasteiger partial charge is 0.322 e. The molecule has 0 aliphatic carbocycles. The molecule has 0 unspecified atom stereocenters. The summed E-state index contributed by atoms with van der Waals surface area (Å²) < 4.78 is 0. The highest BCUT2D eigenvalue weighted by Crippen LogP contribution is 2.32. The summed E-state index contributed by atoms with van der Waals surface area (Å²) in [6.45, 7) is 4.25. The number of benzene rings is 3. The maximum atomic E-state index is 13.0. The number of imide groups is 1. The topological polar surface area (TPSA) is 66.5 Å². The molecule has 3 aromatic rings. The summed E-state index contributed by atoms with van der Waals surface area (Å²) in [7, 11) is 0. The summed E-state index contributed by atoms with van der Waals surface area (Å²) in [5, 5.41) is 2.74. The van der Waals surface area contributed by atoms with Crippen molar-refractivity contribution < 1.29 is 14.4 Å². The predicted octanol–water partition coefficient (Wildman–Crippen LogP) is 5.26. The van der Waals surface area contributed by atoms with E-state index < -0.39 is 11.8 Å². The SMILES string of the molecule is CC(C)c1ccc(C=CC(=O)Nc2cccc3c2C(=O)N(c2ccccc2)C3=O)cc1. The first-order chi connectivity index (χ1) is 15.0. The first-order valence-corrected chi connectivity index (χ1v) is 10.1. The van der Waals surface area contributed by atoms with Gasteiger partial charge in [-0.3, -0.25) is 14.4 Å². The van der Waals surface area contributed by atoms with Crippen molar-refractivity contribution in [1.29, 1.82) is 0 Å². The second-order valence-corrected chi connectivity index (χ2v) is 7.65. The Balaban J connectivity index is 1.54. The van der Waals surface area contributed by atoms with E-state index in [0.29, 0.717) is 17.3 Å². The van der Waals surface area contributed by atoms with Crippen LogP contribution in [0.5, 0.6) is 0 Å². The van der Waals surface area contributed by atoms with Gasteiger partial charge in [0, 0.05) is 6.08 Å². The minimum absolute atomic E-state index is 0.208. The van der Waals surface area contributed by atoms with Crippen LogP contribution in [-0.2, 0) is 4.79 Å². The molecule has 0 atom stereocenters. The van der Waals surface area contributed by atoms with Crippen LogP contribution in [0, 0.1) is 0 Å². The number of rotatable bonds is 5. The molecule has 3 aromatic carbocycles. The molecule has 1 N–H and O–H groups in total. The van der Waals surface area contributed by atoms with Crippen molar-refractivity contribution in [3.8, 4) is 0 Å². The third kappa shape index (κ3) is 4.03. The third-order valence-corrected chi connectivity index (χ3v) is 5.22. The Morgan fingerprint density at radius 2 is 1.58 bits per heavy atom. The van der Waals surface area contributed by atoms with Gasteiger partial charge in [0.05, 0.1) is 22.5 Å². The van der Waals surface area contributed by atoms with Crippen molar-refractivity contribution in [2.24, 2.45) is 0 Å². The van der Waals surface area contributed by atoms with Gasteiger partial charge >= 0.3 is 0 Å². The van der Waals surface area contributed by atoms with Crippen LogP contribution in [-0.4, -0.2) is 17.7 Å². The molecule has 154 valence electrons. The summed E-state index contributed by atoms with van der Waals surface area (Å²) in [5.74, 6) is -0.782. The van der Waals surface area contributed by atoms with Gasteiger partial charge in [-0.25, -0.2) is 4.90 Å². The third-order valence-electron chi connectivity index (χ3n) is 5.22. The lowest BCUT2D eigenvalue weighted by molar-refractivity contribution is -0.111. The molecule has 4 rings (SSSR count). The maximum Gasteiger partial charge on any atom is 0.268 e. The molecule has 0 saturated heterocycles. The normalized spacial score (nSPS) is 13.2. The average molecular weight is 410 g/mol. The predicted molar refractivity (Wildman–Crippen MR) is 122 cm³/mol. The van der Waals surface area contributed by atoms with Crippen molar-refractivity contribution >= 4 is 35.2 Å². The van der Waals surface area contributed by atoms with Gasteiger partial charge in [0.25, 0.3) is 11.8 Å². The summed E-state index contributed by atoms with van der Waals surface area (Å²) in [6.07, 6.45) is 3.13. The molecule has 0 radical (unpaired) electrons. The first kappa shape index (κ1) is 20.3. The number of carbonyl (C=O) groups is 3. The zero-order chi connectivity index (χ0) is 22.0. The molecule has 1 heterocycles. The van der Waals surface area contributed by atoms with Crippen LogP contribution < -0.4 is 10.2 Å². The van der Waals surface area contributed by atoms with Crippen molar-refractivity contribution in [3.63, 3.8) is 0 Å². The van der Waals surface area contributed by atoms with Crippen molar-refractivity contribution in [2.45, 2.75) is 19.8 Å². The van der Waals surface area contributed by atoms with Crippen LogP contribution in [0.4, 0.5) is 11.4 Å². The molecule has 0 saturated carbocycles. The monoisotopic (exact) mass is 410 g/mol. The van der Waals surface area contributed by atoms with Crippen LogP contribution in [0.15, 0.2) is 78.9 Å². The molecular formula is C26H22N2O3. The molecule has 31 heavy (non-hydrogen) atoms. The Bertz CT molecular complexity index is 1180. The van der Waals surface area contributed by atoms with Crippen LogP contribution in [0.25, 0.3) is 6.08 Å². The Labute approximate surface area is 181 Å². The number of anilines is 2. The standard InChI is InChI=1S/C26H22N2O3/c1-17(2)19-14-11-18(12-15-19)13-16-23(29)27-22-10-6-9-21-24(22)26(31)28(25(21)30)20-7-4-3-5-8-20/h3-17H,1-2H3,(H,27,29). The molecule has 0 bridgehead atoms. The minimum atomic E-state index is -0.449. The smallest absolute Gasteiger partial charge is 0.268 e. The van der Waals surface area contributed by atoms with E-state index >= 15 is 0 Å². The number of para-hydroxylation sites is 1. The van der Waals surface area contributed by atoms with E-state index in [9.17, 15) is 14.4 Å². The molecule has 0 spiro atoms. The summed E-state index contributed by atoms with van der Waals surface area (Å²) in [4.78, 5) is 39.4. The summed E-state index contributed by atoms with van der Waals surface area (Å²) in [6, 6.07) is 21.6. The molecule has 5 heteroatoms. The quantitative estimate of drug-likeness (QED) is 0.461. The lowest BCUT2D eigenvalue weighted by Crippen LogP contribution is -2.29. The number of nitrogens with zero attached hydrogens (tertiary/aromatic N) is 1. The van der Waals surface area contributed by atoms with E-state index in [4.69, 9.17) is 0 Å². The Morgan fingerprint density at radius 3 is 2.26 bits per heavy atom. The van der Waals surface area contributed by atoms with Gasteiger partial charge in [0.1, 0.15) is 0 Å². The lowest BCUT2D eigenvalue weighted by atomic mass is 10.0. The van der Waals surface area contributed by atoms with Gasteiger partial charge in [-0.15, -0.1) is 0 Å². The zero-order valence-corrected chi connectivity index (χ0v) is 17.3. The van der Waals surface area contributed by atoms with E-state index in [0.717, 1.165) is 10.5 Å². The molecular weight excluding hydrogens is 388 g/mol. The molecule has 1 aliphatic rings. The number of hydrogen-bond acceptors (Lipinski definition) is 3. The van der Waals surface area contributed by atoms with Gasteiger partial charge in [-0.1, -0.05) is 62.4 Å². The van der Waals surface area contributed by atoms with Crippen molar-refractivity contribution in [3.05, 3.63) is 101 Å². The fourth-order valence-corrected chi connectivity index (χ4v) is 3.54. The zero-order valence-electron chi connectivity index (χ0n) is 17.3.